The van der Waals surface area contributed by atoms with Crippen molar-refractivity contribution in [1.29, 1.82) is 0 Å². The van der Waals surface area contributed by atoms with Gasteiger partial charge in [0, 0.05) is 24.5 Å². The highest BCUT2D eigenvalue weighted by atomic mass is 16.2. The van der Waals surface area contributed by atoms with E-state index < -0.39 is 0 Å². The first kappa shape index (κ1) is 14.8. The van der Waals surface area contributed by atoms with Crippen LogP contribution in [0.3, 0.4) is 0 Å². The first-order valence-electron chi connectivity index (χ1n) is 7.94. The molecule has 1 unspecified atom stereocenters. The third kappa shape index (κ3) is 3.39. The van der Waals surface area contributed by atoms with Gasteiger partial charge >= 0.3 is 6.03 Å². The van der Waals surface area contributed by atoms with Gasteiger partial charge in [0.05, 0.1) is 6.04 Å². The first-order valence-corrected chi connectivity index (χ1v) is 7.94. The fourth-order valence-electron chi connectivity index (χ4n) is 2.93. The van der Waals surface area contributed by atoms with Gasteiger partial charge in [-0.25, -0.2) is 4.79 Å². The molecule has 6 nitrogen and oxygen atoms in total. The molecule has 0 aromatic heterocycles. The van der Waals surface area contributed by atoms with Crippen molar-refractivity contribution >= 4 is 23.3 Å². The van der Waals surface area contributed by atoms with Crippen LogP contribution in [0.5, 0.6) is 0 Å². The maximum absolute atomic E-state index is 12.3. The molecule has 2 saturated heterocycles. The van der Waals surface area contributed by atoms with Gasteiger partial charge in [0.1, 0.15) is 0 Å². The number of hydrogen-bond acceptors (Lipinski definition) is 3. The number of rotatable bonds is 3. The maximum Gasteiger partial charge on any atom is 0.321 e. The summed E-state index contributed by atoms with van der Waals surface area (Å²) in [4.78, 5) is 25.9. The number of carbonyl (C=O) groups excluding carboxylic acids is 2. The second-order valence-electron chi connectivity index (χ2n) is 5.78. The van der Waals surface area contributed by atoms with Gasteiger partial charge < -0.3 is 16.0 Å². The van der Waals surface area contributed by atoms with Crippen LogP contribution in [0.25, 0.3) is 0 Å². The topological polar surface area (TPSA) is 73.5 Å². The third-order valence-corrected chi connectivity index (χ3v) is 4.13. The van der Waals surface area contributed by atoms with Gasteiger partial charge in [0.15, 0.2) is 0 Å². The van der Waals surface area contributed by atoms with E-state index in [1.807, 2.05) is 24.3 Å². The number of nitrogens with zero attached hydrogens (tertiary/aromatic N) is 1. The molecule has 2 fully saturated rings. The van der Waals surface area contributed by atoms with Crippen LogP contribution in [0.15, 0.2) is 24.3 Å². The summed E-state index contributed by atoms with van der Waals surface area (Å²) in [7, 11) is 0. The standard InChI is InChI=1S/C16H22N4O2/c21-15(14-7-1-2-8-17-14)19-12-5-3-6-13(11-12)20-10-4-9-18-16(20)22/h3,5-6,11,14,17H,1-2,4,7-10H2,(H,18,22)(H,19,21). The number of nitrogens with one attached hydrogen (secondary N) is 3. The largest absolute Gasteiger partial charge is 0.338 e. The van der Waals surface area contributed by atoms with Crippen LogP contribution in [0.2, 0.25) is 0 Å². The average molecular weight is 302 g/mol. The van der Waals surface area contributed by atoms with Crippen molar-refractivity contribution < 1.29 is 9.59 Å². The lowest BCUT2D eigenvalue weighted by molar-refractivity contribution is -0.118. The molecule has 3 rings (SSSR count). The fraction of sp³-hybridized carbons (Fsp3) is 0.500. The summed E-state index contributed by atoms with van der Waals surface area (Å²) in [6.45, 7) is 2.32. The molecular weight excluding hydrogens is 280 g/mol. The molecule has 0 radical (unpaired) electrons. The number of hydrogen-bond donors (Lipinski definition) is 3. The molecule has 1 aromatic carbocycles. The molecule has 3 amide bonds. The van der Waals surface area contributed by atoms with Crippen molar-refractivity contribution in [3.8, 4) is 0 Å². The summed E-state index contributed by atoms with van der Waals surface area (Å²) in [5.74, 6) is -0.0000503. The Balaban J connectivity index is 1.68. The van der Waals surface area contributed by atoms with Crippen molar-refractivity contribution in [2.24, 2.45) is 0 Å². The Kier molecular flexibility index (Phi) is 4.58. The minimum absolute atomic E-state index is 0.0000503. The van der Waals surface area contributed by atoms with Gasteiger partial charge in [-0.3, -0.25) is 9.69 Å². The quantitative estimate of drug-likeness (QED) is 0.795. The van der Waals surface area contributed by atoms with Crippen LogP contribution in [-0.2, 0) is 4.79 Å². The molecule has 2 aliphatic rings. The Hall–Kier alpha value is -2.08. The minimum Gasteiger partial charge on any atom is -0.338 e. The lowest BCUT2D eigenvalue weighted by Gasteiger charge is -2.28. The van der Waals surface area contributed by atoms with Gasteiger partial charge in [-0.15, -0.1) is 0 Å². The number of anilines is 2. The summed E-state index contributed by atoms with van der Waals surface area (Å²) >= 11 is 0. The molecule has 0 saturated carbocycles. The van der Waals surface area contributed by atoms with E-state index in [4.69, 9.17) is 0 Å². The Bertz CT molecular complexity index is 555. The van der Waals surface area contributed by atoms with E-state index in [-0.39, 0.29) is 18.0 Å². The SMILES string of the molecule is O=C(Nc1cccc(N2CCCNC2=O)c1)C1CCCCN1. The highest BCUT2D eigenvalue weighted by Gasteiger charge is 2.22. The lowest BCUT2D eigenvalue weighted by atomic mass is 10.0. The Morgan fingerprint density at radius 1 is 1.23 bits per heavy atom. The number of benzene rings is 1. The van der Waals surface area contributed by atoms with Gasteiger partial charge in [-0.1, -0.05) is 12.5 Å². The Labute approximate surface area is 130 Å². The van der Waals surface area contributed by atoms with E-state index in [0.717, 1.165) is 50.1 Å². The highest BCUT2D eigenvalue weighted by molar-refractivity contribution is 5.97. The third-order valence-electron chi connectivity index (χ3n) is 4.13. The molecule has 1 aromatic rings. The van der Waals surface area contributed by atoms with Crippen LogP contribution in [-0.4, -0.2) is 37.6 Å². The molecule has 2 aliphatic heterocycles. The summed E-state index contributed by atoms with van der Waals surface area (Å²) in [6, 6.07) is 7.26. The molecule has 118 valence electrons. The van der Waals surface area contributed by atoms with Crippen molar-refractivity contribution in [3.05, 3.63) is 24.3 Å². The van der Waals surface area contributed by atoms with Crippen molar-refractivity contribution in [2.45, 2.75) is 31.7 Å². The van der Waals surface area contributed by atoms with Crippen LogP contribution < -0.4 is 20.9 Å². The molecule has 6 heteroatoms. The van der Waals surface area contributed by atoms with Crippen LogP contribution >= 0.6 is 0 Å². The zero-order valence-corrected chi connectivity index (χ0v) is 12.6. The maximum atomic E-state index is 12.3. The summed E-state index contributed by atoms with van der Waals surface area (Å²) in [6.07, 6.45) is 4.01. The van der Waals surface area contributed by atoms with E-state index in [1.54, 1.807) is 4.90 Å². The predicted octanol–water partition coefficient (Wildman–Crippen LogP) is 1.69. The first-order chi connectivity index (χ1) is 10.7. The number of piperidine rings is 1. The zero-order valence-electron chi connectivity index (χ0n) is 12.6. The monoisotopic (exact) mass is 302 g/mol. The normalized spacial score (nSPS) is 22.1. The summed E-state index contributed by atoms with van der Waals surface area (Å²) in [5.41, 5.74) is 1.54. The smallest absolute Gasteiger partial charge is 0.321 e. The van der Waals surface area contributed by atoms with E-state index in [2.05, 4.69) is 16.0 Å². The lowest BCUT2D eigenvalue weighted by Crippen LogP contribution is -2.46. The molecule has 0 aliphatic carbocycles. The van der Waals surface area contributed by atoms with Gasteiger partial charge in [0.25, 0.3) is 0 Å². The second kappa shape index (κ2) is 6.79. The minimum atomic E-state index is -0.115. The van der Waals surface area contributed by atoms with Crippen molar-refractivity contribution in [1.82, 2.24) is 10.6 Å². The fourth-order valence-corrected chi connectivity index (χ4v) is 2.93. The number of amides is 3. The van der Waals surface area contributed by atoms with Crippen LogP contribution in [0, 0.1) is 0 Å². The predicted molar refractivity (Wildman–Crippen MR) is 86.1 cm³/mol. The van der Waals surface area contributed by atoms with Crippen LogP contribution in [0.1, 0.15) is 25.7 Å². The number of urea groups is 1. The summed E-state index contributed by atoms with van der Waals surface area (Å²) < 4.78 is 0. The molecule has 0 bridgehead atoms. The van der Waals surface area contributed by atoms with Gasteiger partial charge in [0.2, 0.25) is 5.91 Å². The average Bonchev–Trinajstić information content (AvgIpc) is 2.56. The van der Waals surface area contributed by atoms with E-state index >= 15 is 0 Å². The molecule has 0 spiro atoms. The zero-order chi connectivity index (χ0) is 15.4. The molecule has 3 N–H and O–H groups in total. The van der Waals surface area contributed by atoms with Crippen molar-refractivity contribution in [2.75, 3.05) is 29.9 Å². The highest BCUT2D eigenvalue weighted by Crippen LogP contribution is 2.21. The van der Waals surface area contributed by atoms with Crippen molar-refractivity contribution in [3.63, 3.8) is 0 Å². The second-order valence-corrected chi connectivity index (χ2v) is 5.78. The number of carbonyl (C=O) groups is 2. The Morgan fingerprint density at radius 3 is 2.91 bits per heavy atom. The van der Waals surface area contributed by atoms with E-state index in [0.29, 0.717) is 6.54 Å². The molecule has 1 atom stereocenters. The molecule has 2 heterocycles. The Morgan fingerprint density at radius 2 is 2.14 bits per heavy atom. The van der Waals surface area contributed by atoms with Gasteiger partial charge in [-0.2, -0.15) is 0 Å². The van der Waals surface area contributed by atoms with E-state index in [1.165, 1.54) is 0 Å². The summed E-state index contributed by atoms with van der Waals surface area (Å²) in [5, 5.41) is 9.02. The van der Waals surface area contributed by atoms with E-state index in [9.17, 15) is 9.59 Å². The molecular formula is C16H22N4O2. The molecule has 22 heavy (non-hydrogen) atoms. The van der Waals surface area contributed by atoms with Crippen LogP contribution in [0.4, 0.5) is 16.2 Å². The van der Waals surface area contributed by atoms with Gasteiger partial charge in [-0.05, 0) is 44.0 Å².